The Morgan fingerprint density at radius 3 is 2.25 bits per heavy atom. The SMILES string of the molecule is COc1cc(CNC(=O)C2CCCCN2S(=O)(=O)c2ccc(Cl)cc2)cc(OC)c1OC. The molecule has 1 atom stereocenters. The zero-order chi connectivity index (χ0) is 23.3. The molecule has 1 heterocycles. The van der Waals surface area contributed by atoms with E-state index in [9.17, 15) is 13.2 Å². The number of ether oxygens (including phenoxy) is 3. The van der Waals surface area contributed by atoms with Crippen LogP contribution >= 0.6 is 11.6 Å². The summed E-state index contributed by atoms with van der Waals surface area (Å²) < 4.78 is 43.7. The molecule has 1 N–H and O–H groups in total. The third-order valence-electron chi connectivity index (χ3n) is 5.37. The largest absolute Gasteiger partial charge is 0.493 e. The van der Waals surface area contributed by atoms with Gasteiger partial charge in [0.1, 0.15) is 6.04 Å². The van der Waals surface area contributed by atoms with E-state index in [0.717, 1.165) is 12.0 Å². The van der Waals surface area contributed by atoms with Crippen molar-refractivity contribution in [3.63, 3.8) is 0 Å². The Hall–Kier alpha value is -2.49. The number of hydrogen-bond acceptors (Lipinski definition) is 6. The maximum absolute atomic E-state index is 13.2. The van der Waals surface area contributed by atoms with Gasteiger partial charge in [0.15, 0.2) is 11.5 Å². The molecule has 0 bridgehead atoms. The summed E-state index contributed by atoms with van der Waals surface area (Å²) in [5.41, 5.74) is 0.732. The quantitative estimate of drug-likeness (QED) is 0.620. The Bertz CT molecular complexity index is 1030. The first-order valence-corrected chi connectivity index (χ1v) is 12.0. The minimum absolute atomic E-state index is 0.117. The average molecular weight is 483 g/mol. The third-order valence-corrected chi connectivity index (χ3v) is 7.54. The Morgan fingerprint density at radius 1 is 1.06 bits per heavy atom. The van der Waals surface area contributed by atoms with E-state index in [1.54, 1.807) is 12.1 Å². The lowest BCUT2D eigenvalue weighted by atomic mass is 10.0. The number of carbonyl (C=O) groups excluding carboxylic acids is 1. The molecule has 8 nitrogen and oxygen atoms in total. The van der Waals surface area contributed by atoms with Crippen molar-refractivity contribution in [1.82, 2.24) is 9.62 Å². The molecule has 1 amide bonds. The number of nitrogens with one attached hydrogen (secondary N) is 1. The molecule has 3 rings (SSSR count). The van der Waals surface area contributed by atoms with Gasteiger partial charge in [0.05, 0.1) is 26.2 Å². The summed E-state index contributed by atoms with van der Waals surface area (Å²) in [5, 5.41) is 3.30. The van der Waals surface area contributed by atoms with Gasteiger partial charge in [-0.15, -0.1) is 0 Å². The van der Waals surface area contributed by atoms with E-state index < -0.39 is 16.1 Å². The summed E-state index contributed by atoms with van der Waals surface area (Å²) in [6.45, 7) is 0.466. The van der Waals surface area contributed by atoms with Gasteiger partial charge < -0.3 is 19.5 Å². The highest BCUT2D eigenvalue weighted by atomic mass is 35.5. The van der Waals surface area contributed by atoms with E-state index in [1.165, 1.54) is 49.9 Å². The molecule has 1 saturated heterocycles. The van der Waals surface area contributed by atoms with Gasteiger partial charge in [0, 0.05) is 18.1 Å². The molecule has 174 valence electrons. The van der Waals surface area contributed by atoms with Crippen LogP contribution in [0.4, 0.5) is 0 Å². The number of rotatable bonds is 8. The summed E-state index contributed by atoms with van der Waals surface area (Å²) in [6, 6.07) is 8.66. The normalized spacial score (nSPS) is 16.9. The van der Waals surface area contributed by atoms with E-state index in [-0.39, 0.29) is 23.9 Å². The Balaban J connectivity index is 1.78. The fraction of sp³-hybridized carbons (Fsp3) is 0.409. The summed E-state index contributed by atoms with van der Waals surface area (Å²) in [6.07, 6.45) is 1.92. The lowest BCUT2D eigenvalue weighted by molar-refractivity contribution is -0.125. The van der Waals surface area contributed by atoms with Crippen molar-refractivity contribution < 1.29 is 27.4 Å². The highest BCUT2D eigenvalue weighted by molar-refractivity contribution is 7.89. The molecule has 0 spiro atoms. The fourth-order valence-electron chi connectivity index (χ4n) is 3.74. The predicted octanol–water partition coefficient (Wildman–Crippen LogP) is 3.23. The molecule has 0 radical (unpaired) electrons. The van der Waals surface area contributed by atoms with Crippen LogP contribution < -0.4 is 19.5 Å². The van der Waals surface area contributed by atoms with Gasteiger partial charge in [-0.05, 0) is 54.8 Å². The molecule has 1 aliphatic rings. The smallest absolute Gasteiger partial charge is 0.243 e. The number of piperidine rings is 1. The minimum atomic E-state index is -3.83. The number of sulfonamides is 1. The zero-order valence-electron chi connectivity index (χ0n) is 18.3. The lowest BCUT2D eigenvalue weighted by Gasteiger charge is -2.33. The van der Waals surface area contributed by atoms with Gasteiger partial charge in [-0.1, -0.05) is 18.0 Å². The van der Waals surface area contributed by atoms with Crippen molar-refractivity contribution in [2.24, 2.45) is 0 Å². The van der Waals surface area contributed by atoms with Crippen LogP contribution in [0.2, 0.25) is 5.02 Å². The van der Waals surface area contributed by atoms with Gasteiger partial charge in [-0.3, -0.25) is 4.79 Å². The zero-order valence-corrected chi connectivity index (χ0v) is 19.8. The molecular formula is C22H27ClN2O6S. The maximum atomic E-state index is 13.2. The Kier molecular flexibility index (Phi) is 7.86. The first kappa shape index (κ1) is 24.2. The monoisotopic (exact) mass is 482 g/mol. The standard InChI is InChI=1S/C22H27ClN2O6S/c1-29-19-12-15(13-20(30-2)21(19)31-3)14-24-22(26)18-6-4-5-11-25(18)32(27,28)17-9-7-16(23)8-10-17/h7-10,12-13,18H,4-6,11,14H2,1-3H3,(H,24,26). The molecule has 32 heavy (non-hydrogen) atoms. The molecule has 2 aromatic rings. The second kappa shape index (κ2) is 10.4. The number of hydrogen-bond donors (Lipinski definition) is 1. The van der Waals surface area contributed by atoms with Crippen molar-refractivity contribution in [3.05, 3.63) is 47.0 Å². The van der Waals surface area contributed by atoms with Crippen LogP contribution in [0.3, 0.4) is 0 Å². The van der Waals surface area contributed by atoms with Gasteiger partial charge >= 0.3 is 0 Å². The van der Waals surface area contributed by atoms with Crippen LogP contribution in [0.5, 0.6) is 17.2 Å². The highest BCUT2D eigenvalue weighted by Gasteiger charge is 2.37. The summed E-state index contributed by atoms with van der Waals surface area (Å²) in [5.74, 6) is 1.05. The van der Waals surface area contributed by atoms with Gasteiger partial charge in [0.2, 0.25) is 21.7 Å². The topological polar surface area (TPSA) is 94.2 Å². The van der Waals surface area contributed by atoms with Gasteiger partial charge in [-0.2, -0.15) is 4.31 Å². The van der Waals surface area contributed by atoms with Crippen LogP contribution in [0.25, 0.3) is 0 Å². The lowest BCUT2D eigenvalue weighted by Crippen LogP contribution is -2.51. The van der Waals surface area contributed by atoms with Crippen molar-refractivity contribution >= 4 is 27.5 Å². The second-order valence-electron chi connectivity index (χ2n) is 7.33. The van der Waals surface area contributed by atoms with E-state index in [0.29, 0.717) is 35.1 Å². The Labute approximate surface area is 193 Å². The first-order valence-electron chi connectivity index (χ1n) is 10.2. The van der Waals surface area contributed by atoms with Crippen LogP contribution in [0.1, 0.15) is 24.8 Å². The number of carbonyl (C=O) groups is 1. The molecule has 1 aliphatic heterocycles. The molecule has 10 heteroatoms. The molecule has 0 aliphatic carbocycles. The van der Waals surface area contributed by atoms with Crippen molar-refractivity contribution in [3.8, 4) is 17.2 Å². The van der Waals surface area contributed by atoms with Crippen molar-refractivity contribution in [1.29, 1.82) is 0 Å². The molecule has 0 saturated carbocycles. The first-order chi connectivity index (χ1) is 15.3. The maximum Gasteiger partial charge on any atom is 0.243 e. The summed E-state index contributed by atoms with van der Waals surface area (Å²) in [7, 11) is 0.716. The minimum Gasteiger partial charge on any atom is -0.493 e. The van der Waals surface area contributed by atoms with E-state index in [1.807, 2.05) is 0 Å². The fourth-order valence-corrected chi connectivity index (χ4v) is 5.52. The number of methoxy groups -OCH3 is 3. The van der Waals surface area contributed by atoms with Gasteiger partial charge in [-0.25, -0.2) is 8.42 Å². The molecule has 1 unspecified atom stereocenters. The average Bonchev–Trinajstić information content (AvgIpc) is 2.81. The van der Waals surface area contributed by atoms with E-state index in [4.69, 9.17) is 25.8 Å². The summed E-state index contributed by atoms with van der Waals surface area (Å²) >= 11 is 5.89. The van der Waals surface area contributed by atoms with Gasteiger partial charge in [0.25, 0.3) is 0 Å². The molecular weight excluding hydrogens is 456 g/mol. The van der Waals surface area contributed by atoms with Crippen LogP contribution in [0, 0.1) is 0 Å². The van der Waals surface area contributed by atoms with Crippen molar-refractivity contribution in [2.75, 3.05) is 27.9 Å². The van der Waals surface area contributed by atoms with Crippen molar-refractivity contribution in [2.45, 2.75) is 36.7 Å². The Morgan fingerprint density at radius 2 is 1.69 bits per heavy atom. The highest BCUT2D eigenvalue weighted by Crippen LogP contribution is 2.38. The summed E-state index contributed by atoms with van der Waals surface area (Å²) in [4.78, 5) is 13.1. The molecule has 0 aromatic heterocycles. The van der Waals surface area contributed by atoms with E-state index in [2.05, 4.69) is 5.32 Å². The number of amides is 1. The van der Waals surface area contributed by atoms with Crippen LogP contribution in [0.15, 0.2) is 41.3 Å². The van der Waals surface area contributed by atoms with E-state index >= 15 is 0 Å². The number of nitrogens with zero attached hydrogens (tertiary/aromatic N) is 1. The third kappa shape index (κ3) is 5.11. The van der Waals surface area contributed by atoms with Crippen LogP contribution in [-0.2, 0) is 21.4 Å². The second-order valence-corrected chi connectivity index (χ2v) is 9.66. The molecule has 1 fully saturated rings. The predicted molar refractivity (Wildman–Crippen MR) is 121 cm³/mol. The number of benzene rings is 2. The number of halogens is 1. The molecule has 2 aromatic carbocycles. The van der Waals surface area contributed by atoms with Crippen LogP contribution in [-0.4, -0.2) is 52.5 Å².